The molecule has 7 nitrogen and oxygen atoms in total. The fraction of sp³-hybridized carbons (Fsp3) is 0.167. The maximum Gasteiger partial charge on any atom is 0.271 e. The van der Waals surface area contributed by atoms with E-state index in [1.54, 1.807) is 13.3 Å². The van der Waals surface area contributed by atoms with E-state index in [4.69, 9.17) is 4.74 Å². The molecule has 1 aromatic carbocycles. The second-order valence-electron chi connectivity index (χ2n) is 5.85. The van der Waals surface area contributed by atoms with Crippen LogP contribution in [0.4, 0.5) is 0 Å². The van der Waals surface area contributed by atoms with Gasteiger partial charge in [-0.25, -0.2) is 9.97 Å². The Bertz CT molecular complexity index is 1080. The maximum atomic E-state index is 12.3. The predicted molar refractivity (Wildman–Crippen MR) is 93.7 cm³/mol. The number of pyridine rings is 1. The van der Waals surface area contributed by atoms with Crippen molar-refractivity contribution < 1.29 is 9.53 Å². The smallest absolute Gasteiger partial charge is 0.271 e. The molecule has 0 bridgehead atoms. The van der Waals surface area contributed by atoms with E-state index in [0.29, 0.717) is 18.1 Å². The van der Waals surface area contributed by atoms with Gasteiger partial charge in [-0.1, -0.05) is 6.07 Å². The van der Waals surface area contributed by atoms with Crippen LogP contribution in [0, 0.1) is 6.92 Å². The summed E-state index contributed by atoms with van der Waals surface area (Å²) in [7, 11) is 1.62. The summed E-state index contributed by atoms with van der Waals surface area (Å²) in [5.74, 6) is 1.20. The maximum absolute atomic E-state index is 12.3. The van der Waals surface area contributed by atoms with E-state index >= 15 is 0 Å². The van der Waals surface area contributed by atoms with Crippen LogP contribution in [-0.2, 0) is 6.54 Å². The summed E-state index contributed by atoms with van der Waals surface area (Å²) in [6.45, 7) is 2.29. The van der Waals surface area contributed by atoms with Crippen molar-refractivity contribution in [2.45, 2.75) is 13.5 Å². The van der Waals surface area contributed by atoms with Gasteiger partial charge in [0.15, 0.2) is 0 Å². The molecule has 0 radical (unpaired) electrons. The first-order valence-corrected chi connectivity index (χ1v) is 7.88. The van der Waals surface area contributed by atoms with E-state index in [9.17, 15) is 4.79 Å². The van der Waals surface area contributed by atoms with Crippen LogP contribution in [0.15, 0.2) is 42.7 Å². The van der Waals surface area contributed by atoms with Gasteiger partial charge in [0.25, 0.3) is 5.91 Å². The second kappa shape index (κ2) is 5.94. The molecule has 0 saturated heterocycles. The minimum Gasteiger partial charge on any atom is -0.497 e. The first kappa shape index (κ1) is 15.2. The molecule has 0 saturated carbocycles. The number of aromatic nitrogens is 4. The number of amides is 1. The van der Waals surface area contributed by atoms with Crippen LogP contribution in [0.1, 0.15) is 21.9 Å². The van der Waals surface area contributed by atoms with Gasteiger partial charge in [0.1, 0.15) is 22.9 Å². The lowest BCUT2D eigenvalue weighted by molar-refractivity contribution is 0.0945. The number of hydrogen-bond acceptors (Lipinski definition) is 4. The summed E-state index contributed by atoms with van der Waals surface area (Å²) in [5, 5.41) is 2.84. The molecular weight excluding hydrogens is 318 g/mol. The number of aryl methyl sites for hydroxylation is 1. The minimum atomic E-state index is -0.237. The highest BCUT2D eigenvalue weighted by molar-refractivity contribution is 5.92. The third kappa shape index (κ3) is 2.91. The normalized spacial score (nSPS) is 11.1. The summed E-state index contributed by atoms with van der Waals surface area (Å²) in [6.07, 6.45) is 3.66. The quantitative estimate of drug-likeness (QED) is 0.600. The van der Waals surface area contributed by atoms with Crippen LogP contribution in [-0.4, -0.2) is 32.4 Å². The third-order valence-corrected chi connectivity index (χ3v) is 3.99. The summed E-state index contributed by atoms with van der Waals surface area (Å²) in [4.78, 5) is 24.3. The number of methoxy groups -OCH3 is 1. The van der Waals surface area contributed by atoms with Gasteiger partial charge in [-0.05, 0) is 30.7 Å². The van der Waals surface area contributed by atoms with Crippen LogP contribution < -0.4 is 10.1 Å². The Balaban J connectivity index is 1.50. The van der Waals surface area contributed by atoms with E-state index in [2.05, 4.69) is 20.3 Å². The number of nitrogens with zero attached hydrogens (tertiary/aromatic N) is 3. The molecule has 0 aliphatic carbocycles. The first-order valence-electron chi connectivity index (χ1n) is 7.88. The van der Waals surface area contributed by atoms with E-state index in [-0.39, 0.29) is 5.91 Å². The zero-order valence-electron chi connectivity index (χ0n) is 13.9. The zero-order chi connectivity index (χ0) is 17.4. The molecule has 1 amide bonds. The number of nitrogens with one attached hydrogen (secondary N) is 2. The van der Waals surface area contributed by atoms with Gasteiger partial charge in [-0.3, -0.25) is 4.79 Å². The molecule has 2 N–H and O–H groups in total. The zero-order valence-corrected chi connectivity index (χ0v) is 13.9. The molecule has 0 fully saturated rings. The fourth-order valence-corrected chi connectivity index (χ4v) is 2.72. The standard InChI is InChI=1S/C18H17N5O2/c1-11-3-6-17-22-15(10-23(17)9-11)18(24)19-8-16-20-13-5-4-12(25-2)7-14(13)21-16/h3-7,9-10H,8H2,1-2H3,(H,19,24)(H,20,21). The highest BCUT2D eigenvalue weighted by Crippen LogP contribution is 2.18. The summed E-state index contributed by atoms with van der Waals surface area (Å²) in [5.41, 5.74) is 3.92. The predicted octanol–water partition coefficient (Wildman–Crippen LogP) is 2.46. The van der Waals surface area contributed by atoms with Crippen molar-refractivity contribution in [3.8, 4) is 5.75 Å². The van der Waals surface area contributed by atoms with Gasteiger partial charge in [0.05, 0.1) is 24.7 Å². The highest BCUT2D eigenvalue weighted by Gasteiger charge is 2.12. The number of carbonyl (C=O) groups is 1. The van der Waals surface area contributed by atoms with Crippen molar-refractivity contribution in [3.05, 3.63) is 59.8 Å². The van der Waals surface area contributed by atoms with Crippen LogP contribution >= 0.6 is 0 Å². The second-order valence-corrected chi connectivity index (χ2v) is 5.85. The molecule has 4 rings (SSSR count). The van der Waals surface area contributed by atoms with Crippen molar-refractivity contribution in [1.82, 2.24) is 24.7 Å². The van der Waals surface area contributed by atoms with Crippen molar-refractivity contribution in [2.75, 3.05) is 7.11 Å². The molecule has 3 heterocycles. The van der Waals surface area contributed by atoms with Gasteiger partial charge in [0, 0.05) is 18.5 Å². The molecule has 3 aromatic heterocycles. The lowest BCUT2D eigenvalue weighted by atomic mass is 10.3. The Labute approximate surface area is 143 Å². The number of aromatic amines is 1. The van der Waals surface area contributed by atoms with Crippen molar-refractivity contribution in [3.63, 3.8) is 0 Å². The van der Waals surface area contributed by atoms with Crippen LogP contribution in [0.25, 0.3) is 16.7 Å². The van der Waals surface area contributed by atoms with Gasteiger partial charge in [-0.15, -0.1) is 0 Å². The number of hydrogen-bond donors (Lipinski definition) is 2. The number of ether oxygens (including phenoxy) is 1. The average Bonchev–Trinajstić information content (AvgIpc) is 3.21. The van der Waals surface area contributed by atoms with Crippen LogP contribution in [0.3, 0.4) is 0 Å². The fourth-order valence-electron chi connectivity index (χ4n) is 2.72. The molecular formula is C18H17N5O2. The lowest BCUT2D eigenvalue weighted by Crippen LogP contribution is -2.23. The van der Waals surface area contributed by atoms with Gasteiger partial charge < -0.3 is 19.4 Å². The number of carbonyl (C=O) groups excluding carboxylic acids is 1. The summed E-state index contributed by atoms with van der Waals surface area (Å²) >= 11 is 0. The van der Waals surface area contributed by atoms with Gasteiger partial charge >= 0.3 is 0 Å². The molecule has 0 unspecified atom stereocenters. The van der Waals surface area contributed by atoms with Crippen molar-refractivity contribution in [2.24, 2.45) is 0 Å². The molecule has 126 valence electrons. The SMILES string of the molecule is COc1ccc2nc(CNC(=O)c3cn4cc(C)ccc4n3)[nH]c2c1. The largest absolute Gasteiger partial charge is 0.497 e. The van der Waals surface area contributed by atoms with Gasteiger partial charge in [-0.2, -0.15) is 0 Å². The number of H-pyrrole nitrogens is 1. The average molecular weight is 335 g/mol. The molecule has 0 atom stereocenters. The Kier molecular flexibility index (Phi) is 3.61. The van der Waals surface area contributed by atoms with E-state index in [1.807, 2.05) is 47.9 Å². The Morgan fingerprint density at radius 3 is 2.96 bits per heavy atom. The van der Waals surface area contributed by atoms with E-state index < -0.39 is 0 Å². The van der Waals surface area contributed by atoms with Gasteiger partial charge in [0.2, 0.25) is 0 Å². The van der Waals surface area contributed by atoms with E-state index in [1.165, 1.54) is 0 Å². The Morgan fingerprint density at radius 2 is 2.12 bits per heavy atom. The molecule has 25 heavy (non-hydrogen) atoms. The summed E-state index contributed by atoms with van der Waals surface area (Å²) in [6, 6.07) is 9.45. The highest BCUT2D eigenvalue weighted by atomic mass is 16.5. The topological polar surface area (TPSA) is 84.3 Å². The number of rotatable bonds is 4. The molecule has 0 aliphatic rings. The Morgan fingerprint density at radius 1 is 1.24 bits per heavy atom. The monoisotopic (exact) mass is 335 g/mol. The summed E-state index contributed by atoms with van der Waals surface area (Å²) < 4.78 is 7.04. The molecule has 0 spiro atoms. The molecule has 7 heteroatoms. The Hall–Kier alpha value is -3.35. The van der Waals surface area contributed by atoms with E-state index in [0.717, 1.165) is 28.0 Å². The van der Waals surface area contributed by atoms with Crippen molar-refractivity contribution >= 4 is 22.6 Å². The van der Waals surface area contributed by atoms with Crippen molar-refractivity contribution in [1.29, 1.82) is 0 Å². The number of imidazole rings is 2. The first-order chi connectivity index (χ1) is 12.1. The number of fused-ring (bicyclic) bond motifs is 2. The lowest BCUT2D eigenvalue weighted by Gasteiger charge is -1.99. The molecule has 0 aliphatic heterocycles. The number of benzene rings is 1. The van der Waals surface area contributed by atoms with Crippen LogP contribution in [0.5, 0.6) is 5.75 Å². The molecule has 4 aromatic rings. The minimum absolute atomic E-state index is 0.237. The van der Waals surface area contributed by atoms with Crippen LogP contribution in [0.2, 0.25) is 0 Å². The third-order valence-electron chi connectivity index (χ3n) is 3.99.